The molecule has 2 aromatic rings. The summed E-state index contributed by atoms with van der Waals surface area (Å²) in [4.78, 5) is 22.0. The summed E-state index contributed by atoms with van der Waals surface area (Å²) in [6.07, 6.45) is 2.41. The number of carbonyl (C=O) groups is 1. The first-order valence-corrected chi connectivity index (χ1v) is 11.5. The van der Waals surface area contributed by atoms with E-state index in [1.54, 1.807) is 6.92 Å². The fourth-order valence-electron chi connectivity index (χ4n) is 5.35. The molecule has 2 fully saturated rings. The number of anilines is 3. The molecule has 3 aliphatic rings. The molecule has 3 heterocycles. The number of rotatable bonds is 4. The summed E-state index contributed by atoms with van der Waals surface area (Å²) in [7, 11) is 0. The Morgan fingerprint density at radius 1 is 1.16 bits per heavy atom. The summed E-state index contributed by atoms with van der Waals surface area (Å²) in [6, 6.07) is 13.0. The van der Waals surface area contributed by atoms with Gasteiger partial charge in [0.1, 0.15) is 5.82 Å². The average molecular weight is 421 g/mol. The van der Waals surface area contributed by atoms with Crippen LogP contribution in [0.3, 0.4) is 0 Å². The van der Waals surface area contributed by atoms with E-state index < -0.39 is 0 Å². The van der Waals surface area contributed by atoms with Crippen molar-refractivity contribution in [1.82, 2.24) is 4.98 Å². The van der Waals surface area contributed by atoms with Crippen LogP contribution in [-0.2, 0) is 9.53 Å². The first-order chi connectivity index (χ1) is 15.0. The highest BCUT2D eigenvalue weighted by Gasteiger charge is 2.47. The number of hydrogen-bond donors (Lipinski definition) is 1. The van der Waals surface area contributed by atoms with Crippen molar-refractivity contribution in [1.29, 1.82) is 0 Å². The number of aryl methyl sites for hydroxylation is 1. The van der Waals surface area contributed by atoms with Crippen LogP contribution in [0.25, 0.3) is 0 Å². The maximum absolute atomic E-state index is 12.8. The van der Waals surface area contributed by atoms with Crippen molar-refractivity contribution in [2.24, 2.45) is 11.8 Å². The second-order valence-electron chi connectivity index (χ2n) is 9.20. The molecule has 1 aromatic heterocycles. The standard InChI is InChI=1S/C25H32N4O2/c1-16-5-4-6-23(26-16)27-24-17(2)25(19-7-8-19)29(18(3)30)22-10-9-20(15-21(22)24)28-11-13-31-14-12-28/h4-6,9-10,15,17,19,24-25H,7-8,11-14H2,1-3H3,(H,26,27)/t17-,24?,25-/m1/s1. The van der Waals surface area contributed by atoms with E-state index in [1.807, 2.05) is 25.1 Å². The van der Waals surface area contributed by atoms with Crippen LogP contribution in [-0.4, -0.2) is 43.2 Å². The zero-order chi connectivity index (χ0) is 21.5. The van der Waals surface area contributed by atoms with Gasteiger partial charge in [-0.2, -0.15) is 0 Å². The molecule has 1 N–H and O–H groups in total. The van der Waals surface area contributed by atoms with E-state index >= 15 is 0 Å². The number of fused-ring (bicyclic) bond motifs is 1. The molecule has 0 spiro atoms. The van der Waals surface area contributed by atoms with Crippen LogP contribution in [0.15, 0.2) is 36.4 Å². The lowest BCUT2D eigenvalue weighted by molar-refractivity contribution is -0.117. The highest BCUT2D eigenvalue weighted by atomic mass is 16.5. The third-order valence-corrected chi connectivity index (χ3v) is 6.98. The van der Waals surface area contributed by atoms with Gasteiger partial charge < -0.3 is 19.9 Å². The molecular formula is C25H32N4O2. The smallest absolute Gasteiger partial charge is 0.224 e. The second kappa shape index (κ2) is 8.15. The van der Waals surface area contributed by atoms with Crippen molar-refractivity contribution in [2.75, 3.05) is 41.4 Å². The van der Waals surface area contributed by atoms with Crippen LogP contribution in [0.1, 0.15) is 44.0 Å². The Balaban J connectivity index is 1.58. The van der Waals surface area contributed by atoms with Crippen molar-refractivity contribution >= 4 is 23.1 Å². The van der Waals surface area contributed by atoms with Gasteiger partial charge >= 0.3 is 0 Å². The molecule has 0 bridgehead atoms. The number of hydrogen-bond acceptors (Lipinski definition) is 5. The van der Waals surface area contributed by atoms with Crippen LogP contribution in [0.4, 0.5) is 17.2 Å². The van der Waals surface area contributed by atoms with Gasteiger partial charge in [0.15, 0.2) is 0 Å². The largest absolute Gasteiger partial charge is 0.378 e. The summed E-state index contributed by atoms with van der Waals surface area (Å²) in [5.41, 5.74) is 4.43. The number of amides is 1. The van der Waals surface area contributed by atoms with Gasteiger partial charge in [-0.3, -0.25) is 4.79 Å². The summed E-state index contributed by atoms with van der Waals surface area (Å²) < 4.78 is 5.54. The minimum atomic E-state index is 0.103. The molecule has 0 radical (unpaired) electrons. The van der Waals surface area contributed by atoms with E-state index in [2.05, 4.69) is 40.2 Å². The van der Waals surface area contributed by atoms with Gasteiger partial charge in [-0.15, -0.1) is 0 Å². The zero-order valence-corrected chi connectivity index (χ0v) is 18.7. The van der Waals surface area contributed by atoms with Crippen molar-refractivity contribution in [3.8, 4) is 0 Å². The average Bonchev–Trinajstić information content (AvgIpc) is 3.60. The fourth-order valence-corrected chi connectivity index (χ4v) is 5.35. The summed E-state index contributed by atoms with van der Waals surface area (Å²) >= 11 is 0. The van der Waals surface area contributed by atoms with E-state index in [0.29, 0.717) is 5.92 Å². The van der Waals surface area contributed by atoms with Crippen LogP contribution >= 0.6 is 0 Å². The number of aromatic nitrogens is 1. The first kappa shape index (κ1) is 20.3. The maximum atomic E-state index is 12.8. The third kappa shape index (κ3) is 3.89. The molecule has 3 atom stereocenters. The van der Waals surface area contributed by atoms with E-state index in [0.717, 1.165) is 43.5 Å². The zero-order valence-electron chi connectivity index (χ0n) is 18.7. The fraction of sp³-hybridized carbons (Fsp3) is 0.520. The molecule has 1 saturated heterocycles. The molecule has 1 aliphatic carbocycles. The van der Waals surface area contributed by atoms with Gasteiger partial charge in [-0.05, 0) is 56.0 Å². The van der Waals surface area contributed by atoms with Crippen LogP contribution in [0, 0.1) is 18.8 Å². The third-order valence-electron chi connectivity index (χ3n) is 6.98. The van der Waals surface area contributed by atoms with Crippen LogP contribution in [0.2, 0.25) is 0 Å². The number of ether oxygens (including phenoxy) is 1. The van der Waals surface area contributed by atoms with Crippen LogP contribution < -0.4 is 15.1 Å². The predicted octanol–water partition coefficient (Wildman–Crippen LogP) is 4.16. The molecule has 6 nitrogen and oxygen atoms in total. The molecule has 164 valence electrons. The van der Waals surface area contributed by atoms with Crippen molar-refractivity contribution < 1.29 is 9.53 Å². The monoisotopic (exact) mass is 420 g/mol. The van der Waals surface area contributed by atoms with E-state index in [-0.39, 0.29) is 23.9 Å². The quantitative estimate of drug-likeness (QED) is 0.805. The number of nitrogens with zero attached hydrogens (tertiary/aromatic N) is 3. The number of benzene rings is 1. The topological polar surface area (TPSA) is 57.7 Å². The molecule has 5 rings (SSSR count). The number of morpholine rings is 1. The lowest BCUT2D eigenvalue weighted by Crippen LogP contribution is -2.51. The number of pyridine rings is 1. The van der Waals surface area contributed by atoms with E-state index in [1.165, 1.54) is 24.1 Å². The maximum Gasteiger partial charge on any atom is 0.224 e. The highest BCUT2D eigenvalue weighted by Crippen LogP contribution is 2.50. The van der Waals surface area contributed by atoms with Gasteiger partial charge in [-0.1, -0.05) is 13.0 Å². The van der Waals surface area contributed by atoms with Gasteiger partial charge in [0.25, 0.3) is 0 Å². The first-order valence-electron chi connectivity index (χ1n) is 11.5. The summed E-state index contributed by atoms with van der Waals surface area (Å²) in [5.74, 6) is 1.90. The van der Waals surface area contributed by atoms with Crippen molar-refractivity contribution in [2.45, 2.75) is 45.7 Å². The summed E-state index contributed by atoms with van der Waals surface area (Å²) in [5, 5.41) is 3.74. The molecule has 6 heteroatoms. The Bertz CT molecular complexity index is 968. The van der Waals surface area contributed by atoms with Gasteiger partial charge in [-0.25, -0.2) is 4.98 Å². The van der Waals surface area contributed by atoms with E-state index in [4.69, 9.17) is 9.72 Å². The SMILES string of the molecule is CC(=O)N1c2ccc(N3CCOCC3)cc2C(Nc2cccc(C)n2)[C@@H](C)[C@@H]1C1CC1. The normalized spacial score (nSPS) is 25.8. The second-order valence-corrected chi connectivity index (χ2v) is 9.20. The van der Waals surface area contributed by atoms with Crippen molar-refractivity contribution in [3.05, 3.63) is 47.7 Å². The number of nitrogens with one attached hydrogen (secondary N) is 1. The summed E-state index contributed by atoms with van der Waals surface area (Å²) in [6.45, 7) is 9.32. The Labute approximate surface area is 184 Å². The molecule has 1 saturated carbocycles. The molecule has 1 unspecified atom stereocenters. The van der Waals surface area contributed by atoms with Crippen LogP contribution in [0.5, 0.6) is 0 Å². The Morgan fingerprint density at radius 3 is 2.61 bits per heavy atom. The predicted molar refractivity (Wildman–Crippen MR) is 124 cm³/mol. The Morgan fingerprint density at radius 2 is 1.94 bits per heavy atom. The Hall–Kier alpha value is -2.60. The molecule has 31 heavy (non-hydrogen) atoms. The molecule has 1 amide bonds. The van der Waals surface area contributed by atoms with Gasteiger partial charge in [0.05, 0.1) is 19.3 Å². The minimum absolute atomic E-state index is 0.103. The van der Waals surface area contributed by atoms with E-state index in [9.17, 15) is 4.79 Å². The van der Waals surface area contributed by atoms with Gasteiger partial charge in [0.2, 0.25) is 5.91 Å². The lowest BCUT2D eigenvalue weighted by atomic mass is 9.79. The molecule has 1 aromatic carbocycles. The van der Waals surface area contributed by atoms with Crippen molar-refractivity contribution in [3.63, 3.8) is 0 Å². The lowest BCUT2D eigenvalue weighted by Gasteiger charge is -2.46. The molecule has 2 aliphatic heterocycles. The minimum Gasteiger partial charge on any atom is -0.378 e. The molecular weight excluding hydrogens is 388 g/mol. The number of carbonyl (C=O) groups excluding carboxylic acids is 1. The highest BCUT2D eigenvalue weighted by molar-refractivity contribution is 5.94. The van der Waals surface area contributed by atoms with Gasteiger partial charge in [0, 0.05) is 54.6 Å². The Kier molecular flexibility index (Phi) is 5.34.